The predicted molar refractivity (Wildman–Crippen MR) is 114 cm³/mol. The lowest BCUT2D eigenvalue weighted by Gasteiger charge is -2.08. The zero-order valence-corrected chi connectivity index (χ0v) is 17.6. The van der Waals surface area contributed by atoms with Crippen LogP contribution in [0.5, 0.6) is 0 Å². The first-order valence-corrected chi connectivity index (χ1v) is 10.0. The van der Waals surface area contributed by atoms with Crippen molar-refractivity contribution >= 4 is 17.6 Å². The van der Waals surface area contributed by atoms with E-state index in [-0.39, 0.29) is 6.61 Å². The van der Waals surface area contributed by atoms with E-state index in [0.29, 0.717) is 24.0 Å². The third kappa shape index (κ3) is 6.59. The highest BCUT2D eigenvalue weighted by molar-refractivity contribution is 6.10. The van der Waals surface area contributed by atoms with Crippen LogP contribution >= 0.6 is 0 Å². The summed E-state index contributed by atoms with van der Waals surface area (Å²) < 4.78 is 6.66. The van der Waals surface area contributed by atoms with E-state index >= 15 is 0 Å². The van der Waals surface area contributed by atoms with Crippen molar-refractivity contribution < 1.29 is 14.4 Å². The monoisotopic (exact) mass is 423 g/mol. The number of carbonyl (C=O) groups is 1. The summed E-state index contributed by atoms with van der Waals surface area (Å²) in [4.78, 5) is 21.6. The molecule has 1 amide bonds. The molecule has 0 radical (unpaired) electrons. The minimum absolute atomic E-state index is 0.171. The third-order valence-corrected chi connectivity index (χ3v) is 4.30. The number of aryl methyl sites for hydroxylation is 1. The van der Waals surface area contributed by atoms with Gasteiger partial charge >= 0.3 is 6.09 Å². The number of nitrogens with one attached hydrogen (secondary N) is 1. The number of unbranched alkanes of at least 4 members (excludes halogenated alkanes) is 2. The molecule has 0 bridgehead atoms. The van der Waals surface area contributed by atoms with Gasteiger partial charge in [0.25, 0.3) is 0 Å². The summed E-state index contributed by atoms with van der Waals surface area (Å²) in [6, 6.07) is 13.0. The van der Waals surface area contributed by atoms with Gasteiger partial charge in [-0.2, -0.15) is 0 Å². The minimum Gasteiger partial charge on any atom is -0.449 e. The van der Waals surface area contributed by atoms with Gasteiger partial charge in [-0.3, -0.25) is 5.32 Å². The second-order valence-corrected chi connectivity index (χ2v) is 6.72. The van der Waals surface area contributed by atoms with Crippen molar-refractivity contribution in [2.45, 2.75) is 32.8 Å². The van der Waals surface area contributed by atoms with Crippen LogP contribution in [0.4, 0.5) is 10.6 Å². The fourth-order valence-corrected chi connectivity index (χ4v) is 2.71. The molecule has 10 nitrogen and oxygen atoms in total. The molecule has 0 fully saturated rings. The number of ether oxygens (including phenoxy) is 1. The zero-order chi connectivity index (χ0) is 21.9. The van der Waals surface area contributed by atoms with Crippen molar-refractivity contribution in [2.24, 2.45) is 12.2 Å². The molecule has 0 saturated carbocycles. The first-order valence-electron chi connectivity index (χ1n) is 10.0. The summed E-state index contributed by atoms with van der Waals surface area (Å²) in [6.07, 6.45) is 3.99. The normalized spacial score (nSPS) is 11.2. The second kappa shape index (κ2) is 11.4. The fourth-order valence-electron chi connectivity index (χ4n) is 2.71. The molecule has 0 atom stereocenters. The summed E-state index contributed by atoms with van der Waals surface area (Å²) in [5, 5.41) is 18.4. The number of oxime groups is 1. The molecule has 2 heterocycles. The smallest absolute Gasteiger partial charge is 0.412 e. The van der Waals surface area contributed by atoms with E-state index < -0.39 is 6.09 Å². The van der Waals surface area contributed by atoms with Gasteiger partial charge < -0.3 is 9.57 Å². The van der Waals surface area contributed by atoms with E-state index in [2.05, 4.69) is 37.9 Å². The number of carbonyl (C=O) groups excluding carboxylic acids is 1. The van der Waals surface area contributed by atoms with Crippen LogP contribution < -0.4 is 5.32 Å². The van der Waals surface area contributed by atoms with Gasteiger partial charge in [0.15, 0.2) is 5.71 Å². The van der Waals surface area contributed by atoms with Crippen molar-refractivity contribution in [2.75, 3.05) is 11.9 Å². The van der Waals surface area contributed by atoms with E-state index in [0.717, 1.165) is 30.4 Å². The highest BCUT2D eigenvalue weighted by Crippen LogP contribution is 2.12. The molecule has 3 rings (SSSR count). The van der Waals surface area contributed by atoms with Crippen molar-refractivity contribution in [3.05, 3.63) is 65.6 Å². The standard InChI is InChI=1S/C21H25N7O3/c1-3-4-8-13-30-21(29)23-18-14-16(11-12-22-18)15-31-25-19(17-9-6-5-7-10-17)20-24-26-27-28(20)2/h5-7,9-12,14H,3-4,8,13,15H2,1-2H3,(H,22,23,29)/b25-19+. The first kappa shape index (κ1) is 21.9. The predicted octanol–water partition coefficient (Wildman–Crippen LogP) is 3.31. The molecule has 3 aromatic rings. The van der Waals surface area contributed by atoms with E-state index in [1.807, 2.05) is 30.3 Å². The summed E-state index contributed by atoms with van der Waals surface area (Å²) in [7, 11) is 1.73. The molecule has 10 heteroatoms. The second-order valence-electron chi connectivity index (χ2n) is 6.72. The number of nitrogens with zero attached hydrogens (tertiary/aromatic N) is 6. The summed E-state index contributed by atoms with van der Waals surface area (Å²) in [5.74, 6) is 0.862. The quantitative estimate of drug-likeness (QED) is 0.302. The van der Waals surface area contributed by atoms with Crippen molar-refractivity contribution in [3.63, 3.8) is 0 Å². The molecule has 0 unspecified atom stereocenters. The van der Waals surface area contributed by atoms with Gasteiger partial charge in [-0.15, -0.1) is 5.10 Å². The Labute approximate surface area is 180 Å². The molecule has 1 N–H and O–H groups in total. The number of hydrogen-bond acceptors (Lipinski definition) is 8. The Morgan fingerprint density at radius 2 is 2.03 bits per heavy atom. The summed E-state index contributed by atoms with van der Waals surface area (Å²) >= 11 is 0. The van der Waals surface area contributed by atoms with Gasteiger partial charge in [0.2, 0.25) is 5.82 Å². The fraction of sp³-hybridized carbons (Fsp3) is 0.333. The Balaban J connectivity index is 1.63. The van der Waals surface area contributed by atoms with Crippen LogP contribution in [0.3, 0.4) is 0 Å². The van der Waals surface area contributed by atoms with Crippen molar-refractivity contribution in [1.82, 2.24) is 25.2 Å². The van der Waals surface area contributed by atoms with Crippen LogP contribution in [-0.4, -0.2) is 43.6 Å². The molecule has 0 aliphatic rings. The van der Waals surface area contributed by atoms with E-state index in [1.54, 1.807) is 25.4 Å². The lowest BCUT2D eigenvalue weighted by Crippen LogP contribution is -2.15. The lowest BCUT2D eigenvalue weighted by atomic mass is 10.1. The maximum atomic E-state index is 11.9. The Morgan fingerprint density at radius 1 is 1.19 bits per heavy atom. The topological polar surface area (TPSA) is 116 Å². The lowest BCUT2D eigenvalue weighted by molar-refractivity contribution is 0.130. The van der Waals surface area contributed by atoms with Gasteiger partial charge in [-0.1, -0.05) is 55.3 Å². The van der Waals surface area contributed by atoms with Crippen LogP contribution in [0.15, 0.2) is 53.8 Å². The molecule has 0 saturated heterocycles. The number of benzene rings is 1. The van der Waals surface area contributed by atoms with Gasteiger partial charge in [0.1, 0.15) is 12.4 Å². The summed E-state index contributed by atoms with van der Waals surface area (Å²) in [5.41, 5.74) is 2.11. The average Bonchev–Trinajstić information content (AvgIpc) is 3.21. The molecule has 162 valence electrons. The number of tetrazole rings is 1. The Morgan fingerprint density at radius 3 is 2.77 bits per heavy atom. The van der Waals surface area contributed by atoms with Crippen molar-refractivity contribution in [1.29, 1.82) is 0 Å². The maximum absolute atomic E-state index is 11.9. The van der Waals surface area contributed by atoms with Gasteiger partial charge in [0, 0.05) is 18.8 Å². The van der Waals surface area contributed by atoms with Gasteiger partial charge in [-0.25, -0.2) is 14.5 Å². The molecule has 0 aliphatic heterocycles. The van der Waals surface area contributed by atoms with Gasteiger partial charge in [0.05, 0.1) is 6.61 Å². The molecule has 2 aromatic heterocycles. The third-order valence-electron chi connectivity index (χ3n) is 4.30. The van der Waals surface area contributed by atoms with Gasteiger partial charge in [-0.05, 0) is 34.5 Å². The number of hydrogen-bond donors (Lipinski definition) is 1. The zero-order valence-electron chi connectivity index (χ0n) is 17.6. The van der Waals surface area contributed by atoms with E-state index in [1.165, 1.54) is 4.68 Å². The molecular weight excluding hydrogens is 398 g/mol. The van der Waals surface area contributed by atoms with E-state index in [4.69, 9.17) is 9.57 Å². The Bertz CT molecular complexity index is 1000. The minimum atomic E-state index is -0.527. The number of aromatic nitrogens is 5. The van der Waals surface area contributed by atoms with Crippen molar-refractivity contribution in [3.8, 4) is 0 Å². The van der Waals surface area contributed by atoms with Crippen LogP contribution in [0.25, 0.3) is 0 Å². The number of pyridine rings is 1. The largest absolute Gasteiger partial charge is 0.449 e. The maximum Gasteiger partial charge on any atom is 0.412 e. The highest BCUT2D eigenvalue weighted by atomic mass is 16.6. The van der Waals surface area contributed by atoms with Crippen LogP contribution in [-0.2, 0) is 23.2 Å². The molecular formula is C21H25N7O3. The van der Waals surface area contributed by atoms with Crippen LogP contribution in [0.2, 0.25) is 0 Å². The number of amides is 1. The average molecular weight is 423 g/mol. The highest BCUT2D eigenvalue weighted by Gasteiger charge is 2.14. The number of rotatable bonds is 10. The summed E-state index contributed by atoms with van der Waals surface area (Å²) in [6.45, 7) is 2.65. The Kier molecular flexibility index (Phi) is 8.04. The Hall–Kier alpha value is -3.82. The SMILES string of the molecule is CCCCCOC(=O)Nc1cc(CO/N=C(\c2ccccc2)c2nnnn2C)ccn1. The molecule has 0 aliphatic carbocycles. The molecule has 31 heavy (non-hydrogen) atoms. The number of anilines is 1. The van der Waals surface area contributed by atoms with Crippen LogP contribution in [0.1, 0.15) is 43.1 Å². The van der Waals surface area contributed by atoms with Crippen LogP contribution in [0, 0.1) is 0 Å². The van der Waals surface area contributed by atoms with E-state index in [9.17, 15) is 4.79 Å². The first-order chi connectivity index (χ1) is 15.2. The molecule has 1 aromatic carbocycles. The molecule has 0 spiro atoms.